The Labute approximate surface area is 112 Å². The number of ether oxygens (including phenoxy) is 1. The zero-order chi connectivity index (χ0) is 14.3. The number of nitrogens with zero attached hydrogens (tertiary/aromatic N) is 1. The highest BCUT2D eigenvalue weighted by atomic mass is 16.5. The van der Waals surface area contributed by atoms with Gasteiger partial charge in [0, 0.05) is 24.4 Å². The number of carbonyl (C=O) groups is 3. The van der Waals surface area contributed by atoms with E-state index in [1.54, 1.807) is 19.1 Å². The Bertz CT molecular complexity index is 456. The molecule has 0 N–H and O–H groups in total. The third kappa shape index (κ3) is 4.62. The third-order valence-corrected chi connectivity index (χ3v) is 2.64. The number of aromatic nitrogens is 1. The van der Waals surface area contributed by atoms with Gasteiger partial charge in [-0.2, -0.15) is 0 Å². The molecule has 1 atom stereocenters. The summed E-state index contributed by atoms with van der Waals surface area (Å²) in [5, 5.41) is 0. The van der Waals surface area contributed by atoms with Gasteiger partial charge in [-0.3, -0.25) is 14.6 Å². The van der Waals surface area contributed by atoms with Gasteiger partial charge in [0.1, 0.15) is 11.7 Å². The molecule has 1 rings (SSSR count). The molecule has 5 nitrogen and oxygen atoms in total. The van der Waals surface area contributed by atoms with Gasteiger partial charge >= 0.3 is 5.97 Å². The highest BCUT2D eigenvalue weighted by molar-refractivity contribution is 6.08. The van der Waals surface area contributed by atoms with Crippen LogP contribution in [0.25, 0.3) is 0 Å². The number of rotatable bonds is 7. The van der Waals surface area contributed by atoms with Gasteiger partial charge < -0.3 is 9.53 Å². The minimum absolute atomic E-state index is 0.0585. The van der Waals surface area contributed by atoms with Crippen molar-refractivity contribution in [3.8, 4) is 0 Å². The molecule has 1 heterocycles. The number of pyridine rings is 1. The van der Waals surface area contributed by atoms with Crippen LogP contribution in [0.2, 0.25) is 0 Å². The molecule has 0 saturated heterocycles. The molecule has 0 bridgehead atoms. The largest absolute Gasteiger partial charge is 0.465 e. The van der Waals surface area contributed by atoms with Crippen molar-refractivity contribution in [1.29, 1.82) is 0 Å². The van der Waals surface area contributed by atoms with Gasteiger partial charge in [-0.1, -0.05) is 0 Å². The van der Waals surface area contributed by atoms with E-state index in [0.717, 1.165) is 0 Å². The van der Waals surface area contributed by atoms with Crippen LogP contribution in [-0.2, 0) is 14.3 Å². The second kappa shape index (κ2) is 7.41. The molecule has 0 unspecified atom stereocenters. The van der Waals surface area contributed by atoms with E-state index in [2.05, 4.69) is 4.98 Å². The summed E-state index contributed by atoms with van der Waals surface area (Å²) in [5.41, 5.74) is 0.400. The molecule has 0 spiro atoms. The molecule has 0 saturated carbocycles. The van der Waals surface area contributed by atoms with Crippen molar-refractivity contribution in [2.75, 3.05) is 6.61 Å². The molecule has 0 aromatic carbocycles. The number of hydrogen-bond acceptors (Lipinski definition) is 5. The normalized spacial score (nSPS) is 11.7. The van der Waals surface area contributed by atoms with E-state index >= 15 is 0 Å². The Morgan fingerprint density at radius 3 is 2.42 bits per heavy atom. The monoisotopic (exact) mass is 263 g/mol. The first-order valence-corrected chi connectivity index (χ1v) is 6.16. The number of Topliss-reactive ketones (excluding diaryl/α,β-unsaturated/α-hetero) is 2. The lowest BCUT2D eigenvalue weighted by Gasteiger charge is -2.13. The fraction of sp³-hybridized carbons (Fsp3) is 0.429. The van der Waals surface area contributed by atoms with Crippen molar-refractivity contribution in [1.82, 2.24) is 4.98 Å². The maximum Gasteiger partial charge on any atom is 0.316 e. The van der Waals surface area contributed by atoms with Crippen LogP contribution in [0, 0.1) is 5.92 Å². The van der Waals surface area contributed by atoms with Crippen LogP contribution >= 0.6 is 0 Å². The molecule has 0 radical (unpaired) electrons. The summed E-state index contributed by atoms with van der Waals surface area (Å²) in [4.78, 5) is 38.9. The summed E-state index contributed by atoms with van der Waals surface area (Å²) in [7, 11) is 0. The van der Waals surface area contributed by atoms with E-state index in [1.807, 2.05) is 0 Å². The van der Waals surface area contributed by atoms with Crippen molar-refractivity contribution in [2.24, 2.45) is 5.92 Å². The second-order valence-electron chi connectivity index (χ2n) is 4.15. The second-order valence-corrected chi connectivity index (χ2v) is 4.15. The minimum atomic E-state index is -0.925. The molecular formula is C14H17NO4. The molecule has 0 aliphatic carbocycles. The number of ketones is 2. The van der Waals surface area contributed by atoms with Crippen molar-refractivity contribution in [3.63, 3.8) is 0 Å². The Kier molecular flexibility index (Phi) is 5.85. The molecule has 5 heteroatoms. The van der Waals surface area contributed by atoms with Gasteiger partial charge in [-0.25, -0.2) is 0 Å². The maximum absolute atomic E-state index is 12.2. The van der Waals surface area contributed by atoms with Crippen molar-refractivity contribution < 1.29 is 19.1 Å². The van der Waals surface area contributed by atoms with Crippen molar-refractivity contribution in [3.05, 3.63) is 30.1 Å². The summed E-state index contributed by atoms with van der Waals surface area (Å²) in [6, 6.07) is 3.09. The number of hydrogen-bond donors (Lipinski definition) is 0. The van der Waals surface area contributed by atoms with E-state index in [1.165, 1.54) is 19.3 Å². The number of carbonyl (C=O) groups excluding carboxylic acids is 3. The predicted molar refractivity (Wildman–Crippen MR) is 68.6 cm³/mol. The lowest BCUT2D eigenvalue weighted by Crippen LogP contribution is -2.27. The molecule has 0 fully saturated rings. The van der Waals surface area contributed by atoms with Gasteiger partial charge in [-0.15, -0.1) is 0 Å². The SMILES string of the molecule is CCOC(=O)[C@H](CCC(C)=O)C(=O)c1ccncc1. The van der Waals surface area contributed by atoms with E-state index in [4.69, 9.17) is 4.74 Å². The van der Waals surface area contributed by atoms with Gasteiger partial charge in [0.2, 0.25) is 0 Å². The highest BCUT2D eigenvalue weighted by Gasteiger charge is 2.28. The first-order valence-electron chi connectivity index (χ1n) is 6.16. The maximum atomic E-state index is 12.2. The molecule has 0 amide bonds. The molecule has 1 aromatic rings. The smallest absolute Gasteiger partial charge is 0.316 e. The van der Waals surface area contributed by atoms with Crippen molar-refractivity contribution >= 4 is 17.5 Å². The summed E-state index contributed by atoms with van der Waals surface area (Å²) in [5.74, 6) is -1.89. The van der Waals surface area contributed by atoms with Crippen LogP contribution in [0.3, 0.4) is 0 Å². The molecule has 1 aromatic heterocycles. The van der Waals surface area contributed by atoms with Crippen LogP contribution in [-0.4, -0.2) is 29.1 Å². The first-order chi connectivity index (χ1) is 9.06. The third-order valence-electron chi connectivity index (χ3n) is 2.64. The van der Waals surface area contributed by atoms with E-state index in [-0.39, 0.29) is 31.0 Å². The standard InChI is InChI=1S/C14H17NO4/c1-3-19-14(18)12(5-4-10(2)16)13(17)11-6-8-15-9-7-11/h6-9,12H,3-5H2,1-2H3/t12-/m1/s1. The average molecular weight is 263 g/mol. The lowest BCUT2D eigenvalue weighted by atomic mass is 9.93. The Morgan fingerprint density at radius 1 is 1.26 bits per heavy atom. The van der Waals surface area contributed by atoms with E-state index in [0.29, 0.717) is 5.56 Å². The molecule has 0 aliphatic rings. The van der Waals surface area contributed by atoms with Crippen LogP contribution in [0.1, 0.15) is 37.0 Å². The van der Waals surface area contributed by atoms with Crippen molar-refractivity contribution in [2.45, 2.75) is 26.7 Å². The Hall–Kier alpha value is -2.04. The summed E-state index contributed by atoms with van der Waals surface area (Å²) >= 11 is 0. The van der Waals surface area contributed by atoms with E-state index in [9.17, 15) is 14.4 Å². The van der Waals surface area contributed by atoms with Crippen LogP contribution in [0.15, 0.2) is 24.5 Å². The quantitative estimate of drug-likeness (QED) is 0.426. The van der Waals surface area contributed by atoms with Crippen LogP contribution < -0.4 is 0 Å². The fourth-order valence-electron chi connectivity index (χ4n) is 1.66. The predicted octanol–water partition coefficient (Wildman–Crippen LogP) is 1.81. The zero-order valence-corrected chi connectivity index (χ0v) is 11.1. The van der Waals surface area contributed by atoms with E-state index < -0.39 is 11.9 Å². The molecule has 102 valence electrons. The first kappa shape index (κ1) is 15.0. The van der Waals surface area contributed by atoms with Crippen LogP contribution in [0.5, 0.6) is 0 Å². The van der Waals surface area contributed by atoms with Crippen LogP contribution in [0.4, 0.5) is 0 Å². The molecular weight excluding hydrogens is 246 g/mol. The molecule has 19 heavy (non-hydrogen) atoms. The summed E-state index contributed by atoms with van der Waals surface area (Å²) in [6.45, 7) is 3.31. The van der Waals surface area contributed by atoms with Gasteiger partial charge in [0.25, 0.3) is 0 Å². The zero-order valence-electron chi connectivity index (χ0n) is 11.1. The van der Waals surface area contributed by atoms with Gasteiger partial charge in [-0.05, 0) is 32.4 Å². The highest BCUT2D eigenvalue weighted by Crippen LogP contribution is 2.16. The topological polar surface area (TPSA) is 73.3 Å². The fourth-order valence-corrected chi connectivity index (χ4v) is 1.66. The lowest BCUT2D eigenvalue weighted by molar-refractivity contribution is -0.146. The van der Waals surface area contributed by atoms with Gasteiger partial charge in [0.15, 0.2) is 5.78 Å². The summed E-state index contributed by atoms with van der Waals surface area (Å²) in [6.07, 6.45) is 3.33. The minimum Gasteiger partial charge on any atom is -0.465 e. The van der Waals surface area contributed by atoms with Gasteiger partial charge in [0.05, 0.1) is 6.61 Å². The summed E-state index contributed by atoms with van der Waals surface area (Å²) < 4.78 is 4.89. The number of esters is 1. The Morgan fingerprint density at radius 2 is 1.89 bits per heavy atom. The average Bonchev–Trinajstić information content (AvgIpc) is 2.39. The molecule has 0 aliphatic heterocycles. The Balaban J connectivity index is 2.86.